The molecule has 0 heterocycles. The highest BCUT2D eigenvalue weighted by Gasteiger charge is 1.87. The van der Waals surface area contributed by atoms with Crippen LogP contribution >= 0.6 is 0 Å². The Morgan fingerprint density at radius 2 is 1.06 bits per heavy atom. The lowest BCUT2D eigenvalue weighted by Gasteiger charge is -1.90. The first-order valence-electron chi connectivity index (χ1n) is 6.98. The number of unbranched alkanes of at least 4 members (excludes halogenated alkanes) is 2. The van der Waals surface area contributed by atoms with Crippen LogP contribution in [0.2, 0.25) is 0 Å². The first kappa shape index (κ1) is 19.2. The smallest absolute Gasteiger partial charge is 0.145 e. The lowest BCUT2D eigenvalue weighted by molar-refractivity contribution is -0.105. The van der Waals surface area contributed by atoms with Crippen LogP contribution in [-0.4, -0.2) is 12.6 Å². The highest BCUT2D eigenvalue weighted by Crippen LogP contribution is 1.99. The second kappa shape index (κ2) is 15.8. The van der Waals surface area contributed by atoms with Crippen molar-refractivity contribution < 1.29 is 9.59 Å². The van der Waals surface area contributed by atoms with Gasteiger partial charge < -0.3 is 0 Å². The molecule has 0 aliphatic carbocycles. The Bertz CT molecular complexity index is 234. The Balaban J connectivity index is 0. The third kappa shape index (κ3) is 12.9. The van der Waals surface area contributed by atoms with Crippen LogP contribution in [0.3, 0.4) is 0 Å². The van der Waals surface area contributed by atoms with Crippen LogP contribution in [0, 0.1) is 0 Å². The molecule has 0 bridgehead atoms. The summed E-state index contributed by atoms with van der Waals surface area (Å²) in [7, 11) is 0. The number of rotatable bonds is 8. The van der Waals surface area contributed by atoms with Crippen molar-refractivity contribution >= 4 is 12.6 Å². The maximum absolute atomic E-state index is 10.2. The minimum Gasteiger partial charge on any atom is -0.298 e. The van der Waals surface area contributed by atoms with Crippen molar-refractivity contribution in [3.05, 3.63) is 23.3 Å². The molecule has 0 amide bonds. The molecule has 0 saturated carbocycles. The van der Waals surface area contributed by atoms with Crippen LogP contribution in [-0.2, 0) is 9.59 Å². The predicted molar refractivity (Wildman–Crippen MR) is 78.7 cm³/mol. The van der Waals surface area contributed by atoms with Gasteiger partial charge in [0.15, 0.2) is 0 Å². The van der Waals surface area contributed by atoms with Crippen LogP contribution in [0.1, 0.15) is 66.2 Å². The van der Waals surface area contributed by atoms with E-state index in [0.717, 1.165) is 62.2 Å². The van der Waals surface area contributed by atoms with Gasteiger partial charge >= 0.3 is 0 Å². The van der Waals surface area contributed by atoms with E-state index in [4.69, 9.17) is 0 Å². The lowest BCUT2D eigenvalue weighted by Crippen LogP contribution is -1.80. The largest absolute Gasteiger partial charge is 0.298 e. The van der Waals surface area contributed by atoms with Gasteiger partial charge in [0, 0.05) is 0 Å². The van der Waals surface area contributed by atoms with Gasteiger partial charge in [-0.3, -0.25) is 9.59 Å². The van der Waals surface area contributed by atoms with Gasteiger partial charge in [-0.15, -0.1) is 0 Å². The van der Waals surface area contributed by atoms with E-state index in [1.54, 1.807) is 0 Å². The molecule has 0 aliphatic heterocycles. The van der Waals surface area contributed by atoms with Gasteiger partial charge in [-0.25, -0.2) is 0 Å². The zero-order valence-corrected chi connectivity index (χ0v) is 12.4. The van der Waals surface area contributed by atoms with Crippen LogP contribution in [0.4, 0.5) is 0 Å². The zero-order valence-electron chi connectivity index (χ0n) is 12.4. The van der Waals surface area contributed by atoms with Gasteiger partial charge in [-0.2, -0.15) is 0 Å². The SMILES string of the molecule is CCC/C=C(/C=O)CC.CCC/C=C(\C=O)CC. The minimum absolute atomic E-state index is 0.865. The standard InChI is InChI=1S/2C8H14O/c2*1-3-5-6-8(4-2)7-9/h2*6-7H,3-5H2,1-2H3/b8-6+;8-6-. The van der Waals surface area contributed by atoms with E-state index < -0.39 is 0 Å². The summed E-state index contributed by atoms with van der Waals surface area (Å²) in [5.41, 5.74) is 1.86. The second-order valence-corrected chi connectivity index (χ2v) is 4.08. The second-order valence-electron chi connectivity index (χ2n) is 4.08. The van der Waals surface area contributed by atoms with Gasteiger partial charge in [0.1, 0.15) is 12.6 Å². The Hall–Kier alpha value is -1.18. The molecule has 0 aromatic heterocycles. The molecule has 0 aromatic carbocycles. The van der Waals surface area contributed by atoms with Crippen LogP contribution < -0.4 is 0 Å². The molecule has 0 unspecified atom stereocenters. The van der Waals surface area contributed by atoms with E-state index in [1.807, 2.05) is 26.0 Å². The third-order valence-electron chi connectivity index (χ3n) is 2.51. The number of hydrogen-bond donors (Lipinski definition) is 0. The van der Waals surface area contributed by atoms with Crippen molar-refractivity contribution in [2.45, 2.75) is 66.2 Å². The fourth-order valence-electron chi connectivity index (χ4n) is 1.21. The summed E-state index contributed by atoms with van der Waals surface area (Å²) >= 11 is 0. The zero-order chi connectivity index (χ0) is 14.2. The summed E-state index contributed by atoms with van der Waals surface area (Å²) in [6, 6.07) is 0. The molecule has 0 rings (SSSR count). The first-order valence-corrected chi connectivity index (χ1v) is 6.98. The first-order chi connectivity index (χ1) is 8.69. The molecule has 0 aromatic rings. The molecule has 18 heavy (non-hydrogen) atoms. The Morgan fingerprint density at radius 3 is 1.22 bits per heavy atom. The summed E-state index contributed by atoms with van der Waals surface area (Å²) in [5, 5.41) is 0. The Morgan fingerprint density at radius 1 is 0.722 bits per heavy atom. The number of carbonyl (C=O) groups excluding carboxylic acids is 2. The normalized spacial score (nSPS) is 11.6. The minimum atomic E-state index is 0.865. The van der Waals surface area contributed by atoms with Crippen molar-refractivity contribution in [2.75, 3.05) is 0 Å². The Kier molecular flexibility index (Phi) is 16.8. The maximum Gasteiger partial charge on any atom is 0.145 e. The van der Waals surface area contributed by atoms with Crippen molar-refractivity contribution in [3.8, 4) is 0 Å². The van der Waals surface area contributed by atoms with E-state index in [2.05, 4.69) is 13.8 Å². The van der Waals surface area contributed by atoms with E-state index in [0.29, 0.717) is 0 Å². The van der Waals surface area contributed by atoms with Gasteiger partial charge in [-0.05, 0) is 36.8 Å². The van der Waals surface area contributed by atoms with E-state index >= 15 is 0 Å². The molecule has 0 atom stereocenters. The summed E-state index contributed by atoms with van der Waals surface area (Å²) in [5.74, 6) is 0. The van der Waals surface area contributed by atoms with Gasteiger partial charge in [0.05, 0.1) is 0 Å². The van der Waals surface area contributed by atoms with Crippen molar-refractivity contribution in [3.63, 3.8) is 0 Å². The fourth-order valence-corrected chi connectivity index (χ4v) is 1.21. The molecule has 0 spiro atoms. The topological polar surface area (TPSA) is 34.1 Å². The molecular weight excluding hydrogens is 224 g/mol. The monoisotopic (exact) mass is 252 g/mol. The summed E-state index contributed by atoms with van der Waals surface area (Å²) < 4.78 is 0. The lowest BCUT2D eigenvalue weighted by atomic mass is 10.2. The average molecular weight is 252 g/mol. The molecule has 0 fully saturated rings. The molecule has 2 nitrogen and oxygen atoms in total. The molecule has 0 N–H and O–H groups in total. The van der Waals surface area contributed by atoms with Crippen LogP contribution in [0.5, 0.6) is 0 Å². The highest BCUT2D eigenvalue weighted by atomic mass is 16.1. The van der Waals surface area contributed by atoms with Crippen LogP contribution in [0.15, 0.2) is 23.3 Å². The van der Waals surface area contributed by atoms with Crippen molar-refractivity contribution in [1.82, 2.24) is 0 Å². The number of carbonyl (C=O) groups is 2. The number of allylic oxidation sites excluding steroid dienone is 4. The molecule has 2 heteroatoms. The average Bonchev–Trinajstić information content (AvgIpc) is 2.42. The highest BCUT2D eigenvalue weighted by molar-refractivity contribution is 5.73. The molecule has 0 aliphatic rings. The molecule has 104 valence electrons. The fraction of sp³-hybridized carbons (Fsp3) is 0.625. The van der Waals surface area contributed by atoms with Crippen LogP contribution in [0.25, 0.3) is 0 Å². The molecular formula is C16H28O2. The molecule has 0 saturated heterocycles. The summed E-state index contributed by atoms with van der Waals surface area (Å²) in [6.07, 6.45) is 11.9. The van der Waals surface area contributed by atoms with Gasteiger partial charge in [0.25, 0.3) is 0 Å². The van der Waals surface area contributed by atoms with Gasteiger partial charge in [-0.1, -0.05) is 52.7 Å². The Labute approximate surface area is 112 Å². The van der Waals surface area contributed by atoms with E-state index in [1.165, 1.54) is 0 Å². The molecule has 0 radical (unpaired) electrons. The predicted octanol–water partition coefficient (Wildman–Crippen LogP) is 4.64. The maximum atomic E-state index is 10.2. The number of hydrogen-bond acceptors (Lipinski definition) is 2. The van der Waals surface area contributed by atoms with E-state index in [9.17, 15) is 9.59 Å². The third-order valence-corrected chi connectivity index (χ3v) is 2.51. The number of aldehydes is 2. The van der Waals surface area contributed by atoms with Crippen molar-refractivity contribution in [2.24, 2.45) is 0 Å². The van der Waals surface area contributed by atoms with Crippen molar-refractivity contribution in [1.29, 1.82) is 0 Å². The van der Waals surface area contributed by atoms with E-state index in [-0.39, 0.29) is 0 Å². The summed E-state index contributed by atoms with van der Waals surface area (Å²) in [4.78, 5) is 20.3. The van der Waals surface area contributed by atoms with Gasteiger partial charge in [0.2, 0.25) is 0 Å². The summed E-state index contributed by atoms with van der Waals surface area (Å²) in [6.45, 7) is 8.20. The quantitative estimate of drug-likeness (QED) is 0.465.